The largest absolute Gasteiger partial charge is 0.495 e. The van der Waals surface area contributed by atoms with Crippen LogP contribution in [0.25, 0.3) is 0 Å². The predicted molar refractivity (Wildman–Crippen MR) is 103 cm³/mol. The van der Waals surface area contributed by atoms with Gasteiger partial charge in [0.25, 0.3) is 11.8 Å². The molecule has 0 aliphatic carbocycles. The van der Waals surface area contributed by atoms with Crippen LogP contribution in [0.1, 0.15) is 26.4 Å². The maximum atomic E-state index is 12.7. The van der Waals surface area contributed by atoms with E-state index < -0.39 is 5.91 Å². The first-order chi connectivity index (χ1) is 13.5. The fourth-order valence-electron chi connectivity index (χ4n) is 3.01. The molecule has 0 atom stereocenters. The van der Waals surface area contributed by atoms with Gasteiger partial charge in [-0.2, -0.15) is 0 Å². The van der Waals surface area contributed by atoms with Crippen molar-refractivity contribution in [3.63, 3.8) is 0 Å². The van der Waals surface area contributed by atoms with Gasteiger partial charge in [0.1, 0.15) is 11.4 Å². The molecule has 3 amide bonds. The number of pyridine rings is 1. The van der Waals surface area contributed by atoms with E-state index in [0.717, 1.165) is 12.0 Å². The normalized spacial score (nSPS) is 13.8. The molecule has 1 aromatic heterocycles. The van der Waals surface area contributed by atoms with E-state index in [-0.39, 0.29) is 11.6 Å². The fourth-order valence-corrected chi connectivity index (χ4v) is 3.01. The van der Waals surface area contributed by atoms with Crippen LogP contribution >= 0.6 is 0 Å². The highest BCUT2D eigenvalue weighted by atomic mass is 16.5. The van der Waals surface area contributed by atoms with Crippen LogP contribution in [0.5, 0.6) is 5.75 Å². The minimum atomic E-state index is -0.427. The van der Waals surface area contributed by atoms with Crippen LogP contribution in [0.15, 0.2) is 36.5 Å². The molecular weight excluding hydrogens is 360 g/mol. The first kappa shape index (κ1) is 19.3. The maximum Gasteiger partial charge on any atom is 0.274 e. The summed E-state index contributed by atoms with van der Waals surface area (Å²) in [5.41, 5.74) is 2.04. The number of aryl methyl sites for hydroxylation is 1. The van der Waals surface area contributed by atoms with Crippen molar-refractivity contribution in [1.29, 1.82) is 0 Å². The number of hydrogen-bond acceptors (Lipinski definition) is 5. The SMILES string of the molecule is COc1ccc(C)cc1NC(=O)c1cc(C(=O)N2CCN(C=O)CC2)ccn1. The Morgan fingerprint density at radius 1 is 1.14 bits per heavy atom. The minimum Gasteiger partial charge on any atom is -0.495 e. The summed E-state index contributed by atoms with van der Waals surface area (Å²) in [4.78, 5) is 43.5. The Labute approximate surface area is 163 Å². The molecule has 1 N–H and O–H groups in total. The van der Waals surface area contributed by atoms with Gasteiger partial charge in [-0.3, -0.25) is 19.4 Å². The number of carbonyl (C=O) groups excluding carboxylic acids is 3. The summed E-state index contributed by atoms with van der Waals surface area (Å²) < 4.78 is 5.27. The smallest absolute Gasteiger partial charge is 0.274 e. The van der Waals surface area contributed by atoms with Gasteiger partial charge in [0.15, 0.2) is 0 Å². The second kappa shape index (κ2) is 8.51. The topological polar surface area (TPSA) is 91.8 Å². The van der Waals surface area contributed by atoms with Crippen LogP contribution in [0.4, 0.5) is 5.69 Å². The molecule has 1 aromatic carbocycles. The molecular formula is C20H22N4O4. The molecule has 0 unspecified atom stereocenters. The van der Waals surface area contributed by atoms with E-state index in [9.17, 15) is 14.4 Å². The van der Waals surface area contributed by atoms with Crippen LogP contribution < -0.4 is 10.1 Å². The van der Waals surface area contributed by atoms with Gasteiger partial charge in [-0.05, 0) is 36.8 Å². The van der Waals surface area contributed by atoms with E-state index >= 15 is 0 Å². The number of carbonyl (C=O) groups is 3. The Hall–Kier alpha value is -3.42. The van der Waals surface area contributed by atoms with E-state index in [1.54, 1.807) is 28.0 Å². The number of ether oxygens (including phenoxy) is 1. The zero-order valence-corrected chi connectivity index (χ0v) is 15.8. The number of nitrogens with zero attached hydrogens (tertiary/aromatic N) is 3. The molecule has 1 aliphatic rings. The summed E-state index contributed by atoms with van der Waals surface area (Å²) in [6.07, 6.45) is 2.23. The van der Waals surface area contributed by atoms with Crippen molar-refractivity contribution in [3.8, 4) is 5.75 Å². The quantitative estimate of drug-likeness (QED) is 0.793. The van der Waals surface area contributed by atoms with Gasteiger partial charge in [0.05, 0.1) is 12.8 Å². The van der Waals surface area contributed by atoms with Crippen LogP contribution in [0.2, 0.25) is 0 Å². The molecule has 0 spiro atoms. The minimum absolute atomic E-state index is 0.140. The summed E-state index contributed by atoms with van der Waals surface area (Å²) in [6, 6.07) is 8.52. The van der Waals surface area contributed by atoms with Crippen molar-refractivity contribution in [2.45, 2.75) is 6.92 Å². The van der Waals surface area contributed by atoms with Crippen molar-refractivity contribution in [1.82, 2.24) is 14.8 Å². The lowest BCUT2D eigenvalue weighted by atomic mass is 10.1. The molecule has 0 radical (unpaired) electrons. The highest BCUT2D eigenvalue weighted by Crippen LogP contribution is 2.25. The van der Waals surface area contributed by atoms with Gasteiger partial charge >= 0.3 is 0 Å². The van der Waals surface area contributed by atoms with Gasteiger partial charge in [0.2, 0.25) is 6.41 Å². The third-order valence-electron chi connectivity index (χ3n) is 4.59. The van der Waals surface area contributed by atoms with E-state index in [4.69, 9.17) is 4.74 Å². The van der Waals surface area contributed by atoms with Crippen molar-refractivity contribution >= 4 is 23.9 Å². The number of hydrogen-bond donors (Lipinski definition) is 1. The summed E-state index contributed by atoms with van der Waals surface area (Å²) in [5, 5.41) is 2.78. The third kappa shape index (κ3) is 4.28. The highest BCUT2D eigenvalue weighted by molar-refractivity contribution is 6.05. The standard InChI is InChI=1S/C20H22N4O4/c1-14-3-4-18(28-2)16(11-14)22-19(26)17-12-15(5-6-21-17)20(27)24-9-7-23(13-25)8-10-24/h3-6,11-13H,7-10H2,1-2H3,(H,22,26). The average Bonchev–Trinajstić information content (AvgIpc) is 2.73. The maximum absolute atomic E-state index is 12.7. The number of piperazine rings is 1. The predicted octanol–water partition coefficient (Wildman–Crippen LogP) is 1.57. The van der Waals surface area contributed by atoms with Crippen molar-refractivity contribution < 1.29 is 19.1 Å². The van der Waals surface area contributed by atoms with Crippen molar-refractivity contribution in [3.05, 3.63) is 53.3 Å². The lowest BCUT2D eigenvalue weighted by Gasteiger charge is -2.32. The molecule has 1 fully saturated rings. The van der Waals surface area contributed by atoms with E-state index in [1.807, 2.05) is 13.0 Å². The Bertz CT molecular complexity index is 892. The van der Waals surface area contributed by atoms with Gasteiger partial charge in [-0.25, -0.2) is 0 Å². The van der Waals surface area contributed by atoms with E-state index in [1.165, 1.54) is 19.4 Å². The van der Waals surface area contributed by atoms with Crippen LogP contribution in [-0.4, -0.2) is 66.3 Å². The number of aromatic nitrogens is 1. The fraction of sp³-hybridized carbons (Fsp3) is 0.300. The molecule has 1 aliphatic heterocycles. The summed E-state index contributed by atoms with van der Waals surface area (Å²) in [7, 11) is 1.53. The van der Waals surface area contributed by atoms with Crippen LogP contribution in [0.3, 0.4) is 0 Å². The average molecular weight is 382 g/mol. The van der Waals surface area contributed by atoms with Crippen molar-refractivity contribution in [2.75, 3.05) is 38.6 Å². The molecule has 28 heavy (non-hydrogen) atoms. The highest BCUT2D eigenvalue weighted by Gasteiger charge is 2.22. The molecule has 8 heteroatoms. The lowest BCUT2D eigenvalue weighted by molar-refractivity contribution is -0.119. The number of rotatable bonds is 5. The number of methoxy groups -OCH3 is 1. The lowest BCUT2D eigenvalue weighted by Crippen LogP contribution is -2.48. The second-order valence-electron chi connectivity index (χ2n) is 6.52. The molecule has 146 valence electrons. The van der Waals surface area contributed by atoms with Gasteiger partial charge in [-0.1, -0.05) is 6.07 Å². The molecule has 2 heterocycles. The monoisotopic (exact) mass is 382 g/mol. The number of nitrogens with one attached hydrogen (secondary N) is 1. The van der Waals surface area contributed by atoms with Crippen molar-refractivity contribution in [2.24, 2.45) is 0 Å². The Balaban J connectivity index is 1.74. The van der Waals surface area contributed by atoms with Gasteiger partial charge in [-0.15, -0.1) is 0 Å². The molecule has 1 saturated heterocycles. The van der Waals surface area contributed by atoms with E-state index in [0.29, 0.717) is 43.2 Å². The summed E-state index contributed by atoms with van der Waals surface area (Å²) in [6.45, 7) is 3.84. The second-order valence-corrected chi connectivity index (χ2v) is 6.52. The van der Waals surface area contributed by atoms with Crippen LogP contribution in [0, 0.1) is 6.92 Å². The zero-order valence-electron chi connectivity index (χ0n) is 15.8. The number of anilines is 1. The number of benzene rings is 1. The molecule has 2 aromatic rings. The summed E-state index contributed by atoms with van der Waals surface area (Å²) in [5.74, 6) is -0.0707. The van der Waals surface area contributed by atoms with E-state index in [2.05, 4.69) is 10.3 Å². The first-order valence-corrected chi connectivity index (χ1v) is 8.92. The first-order valence-electron chi connectivity index (χ1n) is 8.92. The molecule has 3 rings (SSSR count). The van der Waals surface area contributed by atoms with Gasteiger partial charge in [0, 0.05) is 37.9 Å². The Morgan fingerprint density at radius 2 is 1.89 bits per heavy atom. The zero-order chi connectivity index (χ0) is 20.1. The van der Waals surface area contributed by atoms with Crippen LogP contribution in [-0.2, 0) is 4.79 Å². The Morgan fingerprint density at radius 3 is 2.57 bits per heavy atom. The summed E-state index contributed by atoms with van der Waals surface area (Å²) >= 11 is 0. The number of amides is 3. The van der Waals surface area contributed by atoms with Gasteiger partial charge < -0.3 is 19.9 Å². The molecule has 0 bridgehead atoms. The Kier molecular flexibility index (Phi) is 5.88. The molecule has 8 nitrogen and oxygen atoms in total. The third-order valence-corrected chi connectivity index (χ3v) is 4.59. The molecule has 0 saturated carbocycles.